The monoisotopic (exact) mass is 430 g/mol. The number of rotatable bonds is 6. The van der Waals surface area contributed by atoms with Gasteiger partial charge in [-0.3, -0.25) is 0 Å². The van der Waals surface area contributed by atoms with Crippen molar-refractivity contribution in [3.8, 4) is 0 Å². The molecule has 0 bridgehead atoms. The quantitative estimate of drug-likeness (QED) is 0.446. The Kier molecular flexibility index (Phi) is 6.75. The summed E-state index contributed by atoms with van der Waals surface area (Å²) in [4.78, 5) is 0. The van der Waals surface area contributed by atoms with Crippen LogP contribution in [-0.4, -0.2) is 22.4 Å². The summed E-state index contributed by atoms with van der Waals surface area (Å²) < 4.78 is 0. The van der Waals surface area contributed by atoms with Crippen LogP contribution in [0.2, 0.25) is 0 Å². The fourth-order valence-electron chi connectivity index (χ4n) is 9.52. The van der Waals surface area contributed by atoms with Gasteiger partial charge in [0, 0.05) is 0 Å². The first-order chi connectivity index (χ1) is 14.6. The second kappa shape index (κ2) is 8.79. The van der Waals surface area contributed by atoms with Gasteiger partial charge < -0.3 is 10.2 Å². The zero-order chi connectivity index (χ0) is 22.6. The molecule has 4 aliphatic rings. The van der Waals surface area contributed by atoms with Crippen LogP contribution in [0.1, 0.15) is 106 Å². The Morgan fingerprint density at radius 2 is 1.77 bits per heavy atom. The van der Waals surface area contributed by atoms with Crippen LogP contribution < -0.4 is 0 Å². The molecule has 0 spiro atoms. The van der Waals surface area contributed by atoms with Gasteiger partial charge in [0.15, 0.2) is 0 Å². The zero-order valence-corrected chi connectivity index (χ0v) is 21.2. The van der Waals surface area contributed by atoms with Crippen molar-refractivity contribution >= 4 is 0 Å². The third-order valence-electron chi connectivity index (χ3n) is 11.3. The van der Waals surface area contributed by atoms with E-state index in [4.69, 9.17) is 0 Å². The molecule has 3 fully saturated rings. The summed E-state index contributed by atoms with van der Waals surface area (Å²) in [6, 6.07) is 0. The van der Waals surface area contributed by atoms with Gasteiger partial charge >= 0.3 is 0 Å². The lowest BCUT2D eigenvalue weighted by Gasteiger charge is -2.58. The Morgan fingerprint density at radius 3 is 2.45 bits per heavy atom. The van der Waals surface area contributed by atoms with Gasteiger partial charge in [0.05, 0.1) is 12.2 Å². The molecular formula is C29H50O2. The minimum absolute atomic E-state index is 0.106. The van der Waals surface area contributed by atoms with Crippen LogP contribution in [0.25, 0.3) is 0 Å². The van der Waals surface area contributed by atoms with Gasteiger partial charge in [0.2, 0.25) is 0 Å². The summed E-state index contributed by atoms with van der Waals surface area (Å²) >= 11 is 0. The molecule has 0 saturated heterocycles. The number of allylic oxidation sites excluding steroid dienone is 1. The molecule has 0 heterocycles. The second-order valence-corrected chi connectivity index (χ2v) is 13.0. The first kappa shape index (κ1) is 23.8. The lowest BCUT2D eigenvalue weighted by atomic mass is 9.47. The number of aliphatic hydroxyl groups excluding tert-OH is 2. The van der Waals surface area contributed by atoms with Gasteiger partial charge in [0.1, 0.15) is 0 Å². The van der Waals surface area contributed by atoms with E-state index in [0.717, 1.165) is 49.4 Å². The third-order valence-corrected chi connectivity index (χ3v) is 11.3. The highest BCUT2D eigenvalue weighted by Gasteiger charge is 2.59. The summed E-state index contributed by atoms with van der Waals surface area (Å²) in [5.41, 5.74) is 2.38. The first-order valence-electron chi connectivity index (χ1n) is 13.7. The number of fused-ring (bicyclic) bond motifs is 5. The molecule has 0 aromatic carbocycles. The van der Waals surface area contributed by atoms with Crippen molar-refractivity contribution in [1.29, 1.82) is 0 Å². The smallest absolute Gasteiger partial charge is 0.0577 e. The maximum Gasteiger partial charge on any atom is 0.0577 e. The minimum Gasteiger partial charge on any atom is -0.393 e. The van der Waals surface area contributed by atoms with Gasteiger partial charge in [-0.05, 0) is 110 Å². The van der Waals surface area contributed by atoms with Crippen LogP contribution >= 0.6 is 0 Å². The molecule has 3 saturated carbocycles. The highest BCUT2D eigenvalue weighted by molar-refractivity contribution is 5.25. The highest BCUT2D eigenvalue weighted by atomic mass is 16.3. The molecule has 0 amide bonds. The summed E-state index contributed by atoms with van der Waals surface area (Å²) in [5.74, 6) is 4.89. The fraction of sp³-hybridized carbons (Fsp3) is 0.931. The van der Waals surface area contributed by atoms with Crippen LogP contribution in [0.3, 0.4) is 0 Å². The van der Waals surface area contributed by atoms with E-state index in [0.29, 0.717) is 28.6 Å². The third kappa shape index (κ3) is 3.96. The molecule has 4 rings (SSSR count). The van der Waals surface area contributed by atoms with Gasteiger partial charge in [-0.25, -0.2) is 0 Å². The predicted molar refractivity (Wildman–Crippen MR) is 130 cm³/mol. The Morgan fingerprint density at radius 1 is 1.03 bits per heavy atom. The molecular weight excluding hydrogens is 380 g/mol. The summed E-state index contributed by atoms with van der Waals surface area (Å²) in [6.07, 6.45) is 14.2. The number of hydrogen-bond donors (Lipinski definition) is 2. The van der Waals surface area contributed by atoms with E-state index in [9.17, 15) is 10.2 Å². The number of hydrogen-bond acceptors (Lipinski definition) is 2. The Bertz CT molecular complexity index is 668. The lowest BCUT2D eigenvalue weighted by Crippen LogP contribution is -2.51. The molecule has 31 heavy (non-hydrogen) atoms. The second-order valence-electron chi connectivity index (χ2n) is 13.0. The summed E-state index contributed by atoms with van der Waals surface area (Å²) in [5, 5.41) is 21.3. The van der Waals surface area contributed by atoms with Crippen LogP contribution in [0.15, 0.2) is 11.6 Å². The highest BCUT2D eigenvalue weighted by Crippen LogP contribution is 2.67. The average Bonchev–Trinajstić information content (AvgIpc) is 3.06. The van der Waals surface area contributed by atoms with Crippen molar-refractivity contribution in [2.45, 2.75) is 118 Å². The van der Waals surface area contributed by atoms with Gasteiger partial charge in [-0.15, -0.1) is 0 Å². The van der Waals surface area contributed by atoms with E-state index in [1.165, 1.54) is 38.5 Å². The molecule has 0 radical (unpaired) electrons. The van der Waals surface area contributed by atoms with Crippen LogP contribution in [0.4, 0.5) is 0 Å². The van der Waals surface area contributed by atoms with Crippen LogP contribution in [-0.2, 0) is 0 Å². The van der Waals surface area contributed by atoms with E-state index < -0.39 is 0 Å². The Labute approximate surface area is 192 Å². The predicted octanol–water partition coefficient (Wildman–Crippen LogP) is 7.00. The SMILES string of the molecule is CCC(C(C)C)C(O)CC(C)[C@H]1CC[C@H]2[C@@H]3CC=C4CC(O)CC[C@]4(C)[C@H]3CC[C@]12C. The van der Waals surface area contributed by atoms with Crippen molar-refractivity contribution < 1.29 is 10.2 Å². The molecule has 0 aromatic rings. The van der Waals surface area contributed by atoms with Crippen molar-refractivity contribution in [3.05, 3.63) is 11.6 Å². The molecule has 4 unspecified atom stereocenters. The molecule has 2 nitrogen and oxygen atoms in total. The molecule has 2 heteroatoms. The maximum absolute atomic E-state index is 11.0. The van der Waals surface area contributed by atoms with E-state index in [-0.39, 0.29) is 12.2 Å². The molecule has 0 aromatic heterocycles. The zero-order valence-electron chi connectivity index (χ0n) is 21.2. The molecule has 2 N–H and O–H groups in total. The molecule has 178 valence electrons. The standard InChI is InChI=1S/C29H50O2/c1-7-22(18(2)3)27(31)16-19(4)24-10-11-25-23-9-8-20-17-21(30)12-14-28(20,5)26(23)13-15-29(24,25)6/h8,18-19,21-27,30-31H,7,9-17H2,1-6H3/t19?,21?,22?,23-,24+,25-,26-,27?,28-,29+/m0/s1. The van der Waals surface area contributed by atoms with Gasteiger partial charge in [-0.2, -0.15) is 0 Å². The van der Waals surface area contributed by atoms with E-state index in [1.807, 2.05) is 0 Å². The van der Waals surface area contributed by atoms with Crippen LogP contribution in [0, 0.1) is 52.3 Å². The Hall–Kier alpha value is -0.340. The molecule has 10 atom stereocenters. The van der Waals surface area contributed by atoms with Crippen molar-refractivity contribution in [1.82, 2.24) is 0 Å². The lowest BCUT2D eigenvalue weighted by molar-refractivity contribution is -0.0613. The topological polar surface area (TPSA) is 40.5 Å². The van der Waals surface area contributed by atoms with E-state index in [1.54, 1.807) is 5.57 Å². The molecule has 4 aliphatic carbocycles. The van der Waals surface area contributed by atoms with E-state index in [2.05, 4.69) is 47.6 Å². The Balaban J connectivity index is 1.49. The first-order valence-corrected chi connectivity index (χ1v) is 13.7. The summed E-state index contributed by atoms with van der Waals surface area (Å²) in [7, 11) is 0. The van der Waals surface area contributed by atoms with Gasteiger partial charge in [0.25, 0.3) is 0 Å². The molecule has 0 aliphatic heterocycles. The number of aliphatic hydroxyl groups is 2. The van der Waals surface area contributed by atoms with Crippen LogP contribution in [0.5, 0.6) is 0 Å². The van der Waals surface area contributed by atoms with E-state index >= 15 is 0 Å². The maximum atomic E-state index is 11.0. The van der Waals surface area contributed by atoms with Gasteiger partial charge in [-0.1, -0.05) is 59.6 Å². The minimum atomic E-state index is -0.147. The summed E-state index contributed by atoms with van der Waals surface area (Å²) in [6.45, 7) is 14.4. The van der Waals surface area contributed by atoms with Crippen molar-refractivity contribution in [2.75, 3.05) is 0 Å². The van der Waals surface area contributed by atoms with Crippen molar-refractivity contribution in [2.24, 2.45) is 52.3 Å². The van der Waals surface area contributed by atoms with Crippen molar-refractivity contribution in [3.63, 3.8) is 0 Å². The largest absolute Gasteiger partial charge is 0.393 e. The normalized spacial score (nSPS) is 45.3. The average molecular weight is 431 g/mol. The fourth-order valence-corrected chi connectivity index (χ4v) is 9.52.